The third kappa shape index (κ3) is 8.18. The number of phosphoric ester groups is 1. The number of urea groups is 1. The number of pyridine rings is 1. The fraction of sp³-hybridized carbons (Fsp3) is 0.292. The number of carbonyl (C=O) groups excluding carboxylic acids is 1. The Kier molecular flexibility index (Phi) is 9.70. The van der Waals surface area contributed by atoms with Gasteiger partial charge in [0.05, 0.1) is 6.61 Å². The molecule has 3 amide bonds. The van der Waals surface area contributed by atoms with Gasteiger partial charge in [0, 0.05) is 36.8 Å². The summed E-state index contributed by atoms with van der Waals surface area (Å²) in [5.74, 6) is -1.97. The zero-order valence-electron chi connectivity index (χ0n) is 20.3. The van der Waals surface area contributed by atoms with Crippen molar-refractivity contribution in [3.63, 3.8) is 0 Å². The number of halogens is 2. The van der Waals surface area contributed by atoms with Crippen LogP contribution in [0.2, 0.25) is 0 Å². The topological polar surface area (TPSA) is 161 Å². The van der Waals surface area contributed by atoms with Gasteiger partial charge in [-0.15, -0.1) is 0 Å². The molecule has 0 radical (unpaired) electrons. The quantitative estimate of drug-likeness (QED) is 0.174. The van der Waals surface area contributed by atoms with E-state index < -0.39 is 37.6 Å². The van der Waals surface area contributed by atoms with Crippen LogP contribution in [0.25, 0.3) is 10.8 Å². The van der Waals surface area contributed by atoms with Crippen LogP contribution in [0.3, 0.4) is 0 Å². The molecule has 0 aliphatic heterocycles. The minimum absolute atomic E-state index is 0.0293. The third-order valence-corrected chi connectivity index (χ3v) is 6.33. The molecule has 2 aromatic carbocycles. The van der Waals surface area contributed by atoms with E-state index >= 15 is 0 Å². The van der Waals surface area contributed by atoms with Gasteiger partial charge in [0.2, 0.25) is 0 Å². The summed E-state index contributed by atoms with van der Waals surface area (Å²) in [4.78, 5) is 47.3. The maximum atomic E-state index is 14.0. The van der Waals surface area contributed by atoms with Gasteiger partial charge in [0.25, 0.3) is 0 Å². The predicted octanol–water partition coefficient (Wildman–Crippen LogP) is 4.25. The summed E-state index contributed by atoms with van der Waals surface area (Å²) in [6.07, 6.45) is 0.992. The molecule has 14 heteroatoms. The van der Waals surface area contributed by atoms with Gasteiger partial charge in [0.15, 0.2) is 11.6 Å². The van der Waals surface area contributed by atoms with E-state index in [1.165, 1.54) is 30.3 Å². The van der Waals surface area contributed by atoms with Crippen LogP contribution in [-0.4, -0.2) is 56.6 Å². The van der Waals surface area contributed by atoms with E-state index in [-0.39, 0.29) is 43.8 Å². The number of benzene rings is 2. The Morgan fingerprint density at radius 2 is 1.87 bits per heavy atom. The summed E-state index contributed by atoms with van der Waals surface area (Å²) in [5, 5.41) is 15.2. The molecule has 204 valence electrons. The zero-order chi connectivity index (χ0) is 27.9. The van der Waals surface area contributed by atoms with E-state index in [1.54, 1.807) is 24.3 Å². The number of hydrogen-bond donors (Lipinski definition) is 5. The van der Waals surface area contributed by atoms with E-state index in [0.29, 0.717) is 5.39 Å². The van der Waals surface area contributed by atoms with Crippen molar-refractivity contribution in [2.75, 3.05) is 19.0 Å². The molecule has 1 aromatic heterocycles. The Morgan fingerprint density at radius 3 is 2.58 bits per heavy atom. The summed E-state index contributed by atoms with van der Waals surface area (Å²) in [6.45, 7) is -0.512. The Bertz CT molecular complexity index is 1350. The van der Waals surface area contributed by atoms with Gasteiger partial charge < -0.3 is 25.1 Å². The lowest BCUT2D eigenvalue weighted by atomic mass is 9.96. The van der Waals surface area contributed by atoms with Crippen LogP contribution in [-0.2, 0) is 22.1 Å². The number of fused-ring (bicyclic) bond motifs is 1. The van der Waals surface area contributed by atoms with Crippen molar-refractivity contribution in [2.45, 2.75) is 31.8 Å². The second kappa shape index (κ2) is 12.7. The molecule has 11 nitrogen and oxygen atoms in total. The second-order valence-electron chi connectivity index (χ2n) is 8.44. The summed E-state index contributed by atoms with van der Waals surface area (Å²) in [5.41, 5.74) is 0.730. The minimum Gasteiger partial charge on any atom is -0.465 e. The van der Waals surface area contributed by atoms with Crippen LogP contribution >= 0.6 is 7.82 Å². The smallest absolute Gasteiger partial charge is 0.465 e. The highest BCUT2D eigenvalue weighted by Gasteiger charge is 2.23. The first-order valence-electron chi connectivity index (χ1n) is 11.5. The molecular formula is C24H27F2N4O7P. The zero-order valence-corrected chi connectivity index (χ0v) is 21.2. The average Bonchev–Trinajstić information content (AvgIpc) is 2.85. The molecule has 0 aliphatic carbocycles. The molecular weight excluding hydrogens is 525 g/mol. The van der Waals surface area contributed by atoms with Crippen LogP contribution in [0.15, 0.2) is 48.7 Å². The number of amides is 3. The lowest BCUT2D eigenvalue weighted by molar-refractivity contribution is 0.169. The highest BCUT2D eigenvalue weighted by atomic mass is 31.2. The number of likely N-dealkylation sites (N-methyl/N-ethyl adjacent to an activating group) is 1. The van der Waals surface area contributed by atoms with Crippen LogP contribution in [0.4, 0.5) is 24.2 Å². The van der Waals surface area contributed by atoms with E-state index in [9.17, 15) is 22.9 Å². The van der Waals surface area contributed by atoms with Gasteiger partial charge in [-0.25, -0.2) is 27.9 Å². The Morgan fingerprint density at radius 1 is 1.16 bits per heavy atom. The van der Waals surface area contributed by atoms with Gasteiger partial charge in [-0.2, -0.15) is 0 Å². The lowest BCUT2D eigenvalue weighted by Crippen LogP contribution is -2.44. The average molecular weight is 552 g/mol. The van der Waals surface area contributed by atoms with Gasteiger partial charge in [0.1, 0.15) is 5.82 Å². The van der Waals surface area contributed by atoms with E-state index in [2.05, 4.69) is 20.1 Å². The molecule has 1 atom stereocenters. The second-order valence-corrected chi connectivity index (χ2v) is 9.68. The molecule has 3 rings (SSSR count). The maximum absolute atomic E-state index is 14.0. The maximum Gasteiger partial charge on any atom is 0.469 e. The molecule has 5 N–H and O–H groups in total. The lowest BCUT2D eigenvalue weighted by Gasteiger charge is -2.29. The number of aromatic nitrogens is 1. The normalized spacial score (nSPS) is 12.2. The summed E-state index contributed by atoms with van der Waals surface area (Å²) in [7, 11) is -3.15. The first kappa shape index (κ1) is 28.9. The first-order valence-corrected chi connectivity index (χ1v) is 13.0. The van der Waals surface area contributed by atoms with Crippen LogP contribution in [0, 0.1) is 11.6 Å². The predicted molar refractivity (Wildman–Crippen MR) is 134 cm³/mol. The summed E-state index contributed by atoms with van der Waals surface area (Å²) < 4.78 is 43.0. The standard InChI is InChI=1S/C24H27F2N4O7P/c1-30(23(31)28-14-17-7-3-9-20(25)22(17)26)18(8-4-10-37-38(34,35)36)11-15-5-2-6-16-13-27-21(12-19(15)16)29-24(32)33/h2-3,5-7,9,12-13,18H,4,8,10-11,14H2,1H3,(H,27,29)(H,28,31)(H,32,33)(H2,34,35,36). The van der Waals surface area contributed by atoms with Gasteiger partial charge >= 0.3 is 19.9 Å². The number of anilines is 1. The number of nitrogens with zero attached hydrogens (tertiary/aromatic N) is 2. The number of rotatable bonds is 11. The highest BCUT2D eigenvalue weighted by Crippen LogP contribution is 2.36. The third-order valence-electron chi connectivity index (χ3n) is 5.82. The van der Waals surface area contributed by atoms with Gasteiger partial charge in [-0.1, -0.05) is 30.3 Å². The Hall–Kier alpha value is -3.64. The van der Waals surface area contributed by atoms with Crippen molar-refractivity contribution >= 4 is 36.5 Å². The molecule has 0 fully saturated rings. The van der Waals surface area contributed by atoms with Crippen molar-refractivity contribution in [1.82, 2.24) is 15.2 Å². The molecule has 0 saturated heterocycles. The number of carbonyl (C=O) groups is 2. The van der Waals surface area contributed by atoms with Crippen molar-refractivity contribution < 1.29 is 42.4 Å². The monoisotopic (exact) mass is 552 g/mol. The van der Waals surface area contributed by atoms with Crippen LogP contribution in [0.1, 0.15) is 24.0 Å². The number of carboxylic acid groups (broad SMARTS) is 1. The molecule has 0 bridgehead atoms. The minimum atomic E-state index is -4.66. The fourth-order valence-electron chi connectivity index (χ4n) is 3.93. The summed E-state index contributed by atoms with van der Waals surface area (Å²) in [6, 6.07) is 9.51. The molecule has 0 saturated carbocycles. The SMILES string of the molecule is CN(C(=O)NCc1cccc(F)c1F)C(CCCOP(=O)(O)O)Cc1cccc2cnc(NC(=O)O)cc12. The van der Waals surface area contributed by atoms with E-state index in [0.717, 1.165) is 17.0 Å². The molecule has 0 spiro atoms. The fourth-order valence-corrected chi connectivity index (χ4v) is 4.29. The largest absolute Gasteiger partial charge is 0.469 e. The van der Waals surface area contributed by atoms with Crippen molar-refractivity contribution in [1.29, 1.82) is 0 Å². The number of hydrogen-bond acceptors (Lipinski definition) is 5. The van der Waals surface area contributed by atoms with Crippen molar-refractivity contribution in [3.05, 3.63) is 71.4 Å². The van der Waals surface area contributed by atoms with Gasteiger partial charge in [-0.3, -0.25) is 9.84 Å². The Labute approximate surface area is 216 Å². The number of phosphoric acid groups is 1. The van der Waals surface area contributed by atoms with Crippen LogP contribution in [0.5, 0.6) is 0 Å². The molecule has 1 unspecified atom stereocenters. The van der Waals surface area contributed by atoms with E-state index in [4.69, 9.17) is 14.9 Å². The van der Waals surface area contributed by atoms with E-state index in [1.807, 2.05) is 0 Å². The molecule has 3 aromatic rings. The molecule has 0 aliphatic rings. The van der Waals surface area contributed by atoms with Gasteiger partial charge in [-0.05, 0) is 42.3 Å². The van der Waals surface area contributed by atoms with Crippen LogP contribution < -0.4 is 10.6 Å². The number of nitrogens with one attached hydrogen (secondary N) is 2. The Balaban J connectivity index is 1.81. The first-order chi connectivity index (χ1) is 17.9. The molecule has 38 heavy (non-hydrogen) atoms. The van der Waals surface area contributed by atoms with Crippen molar-refractivity contribution in [3.8, 4) is 0 Å². The molecule has 1 heterocycles. The highest BCUT2D eigenvalue weighted by molar-refractivity contribution is 7.46. The summed E-state index contributed by atoms with van der Waals surface area (Å²) >= 11 is 0. The van der Waals surface area contributed by atoms with Crippen molar-refractivity contribution in [2.24, 2.45) is 0 Å².